The highest BCUT2D eigenvalue weighted by Crippen LogP contribution is 2.21. The van der Waals surface area contributed by atoms with Crippen molar-refractivity contribution in [2.24, 2.45) is 10.7 Å². The Morgan fingerprint density at radius 3 is 2.30 bits per heavy atom. The standard InChI is InChI=1S/C21H27N5O2S.HI/c1-15(29-18-6-4-3-5-7-18)12-25-21(23-2)26-13-16-8-10-17(11-9-16)20(28)24-14-19(22)27;/h3-11,15H,12-14H2,1-2H3,(H2,22,27)(H,24,28)(H2,23,25,26);1H. The van der Waals surface area contributed by atoms with Crippen molar-refractivity contribution < 1.29 is 9.59 Å². The summed E-state index contributed by atoms with van der Waals surface area (Å²) in [7, 11) is 1.73. The molecule has 0 heterocycles. The second-order valence-electron chi connectivity index (χ2n) is 6.39. The van der Waals surface area contributed by atoms with Crippen molar-refractivity contribution in [3.05, 3.63) is 65.7 Å². The molecule has 2 aromatic carbocycles. The molecule has 162 valence electrons. The largest absolute Gasteiger partial charge is 0.368 e. The van der Waals surface area contributed by atoms with Crippen molar-refractivity contribution >= 4 is 53.5 Å². The molecule has 2 aromatic rings. The second-order valence-corrected chi connectivity index (χ2v) is 7.91. The Morgan fingerprint density at radius 1 is 1.03 bits per heavy atom. The number of nitrogens with one attached hydrogen (secondary N) is 3. The van der Waals surface area contributed by atoms with E-state index >= 15 is 0 Å². The van der Waals surface area contributed by atoms with Crippen LogP contribution in [0.2, 0.25) is 0 Å². The lowest BCUT2D eigenvalue weighted by molar-refractivity contribution is -0.117. The fourth-order valence-corrected chi connectivity index (χ4v) is 3.41. The van der Waals surface area contributed by atoms with Crippen LogP contribution in [0.4, 0.5) is 0 Å². The number of aliphatic imine (C=N–C) groups is 1. The van der Waals surface area contributed by atoms with Crippen LogP contribution in [0.15, 0.2) is 64.5 Å². The highest BCUT2D eigenvalue weighted by molar-refractivity contribution is 14.0. The highest BCUT2D eigenvalue weighted by Gasteiger charge is 2.08. The number of halogens is 1. The monoisotopic (exact) mass is 541 g/mol. The van der Waals surface area contributed by atoms with Crippen LogP contribution in [0.1, 0.15) is 22.8 Å². The summed E-state index contributed by atoms with van der Waals surface area (Å²) >= 11 is 1.81. The van der Waals surface area contributed by atoms with Gasteiger partial charge in [0.1, 0.15) is 0 Å². The Bertz CT molecular complexity index is 831. The molecule has 0 aliphatic heterocycles. The van der Waals surface area contributed by atoms with Gasteiger partial charge in [-0.25, -0.2) is 0 Å². The van der Waals surface area contributed by atoms with Crippen LogP contribution in [0, 0.1) is 0 Å². The molecule has 2 amide bonds. The second kappa shape index (κ2) is 13.9. The molecule has 9 heteroatoms. The zero-order valence-electron chi connectivity index (χ0n) is 17.1. The molecule has 1 unspecified atom stereocenters. The summed E-state index contributed by atoms with van der Waals surface area (Å²) in [6.45, 7) is 3.34. The zero-order valence-corrected chi connectivity index (χ0v) is 20.2. The fourth-order valence-electron chi connectivity index (χ4n) is 2.46. The summed E-state index contributed by atoms with van der Waals surface area (Å²) in [4.78, 5) is 28.1. The van der Waals surface area contributed by atoms with Gasteiger partial charge in [-0.1, -0.05) is 37.3 Å². The number of guanidine groups is 1. The number of benzene rings is 2. The first-order valence-corrected chi connectivity index (χ1v) is 10.2. The van der Waals surface area contributed by atoms with Crippen molar-refractivity contribution in [1.82, 2.24) is 16.0 Å². The van der Waals surface area contributed by atoms with Gasteiger partial charge in [0, 0.05) is 35.8 Å². The third kappa shape index (κ3) is 9.49. The van der Waals surface area contributed by atoms with Crippen molar-refractivity contribution in [2.75, 3.05) is 20.1 Å². The van der Waals surface area contributed by atoms with Crippen LogP contribution in [0.3, 0.4) is 0 Å². The summed E-state index contributed by atoms with van der Waals surface area (Å²) in [6, 6.07) is 17.4. The number of hydrogen-bond acceptors (Lipinski definition) is 4. The van der Waals surface area contributed by atoms with Gasteiger partial charge in [-0.3, -0.25) is 14.6 Å². The molecule has 0 aromatic heterocycles. The molecule has 2 rings (SSSR count). The molecule has 5 N–H and O–H groups in total. The smallest absolute Gasteiger partial charge is 0.251 e. The lowest BCUT2D eigenvalue weighted by atomic mass is 10.1. The average Bonchev–Trinajstić information content (AvgIpc) is 2.73. The third-order valence-corrected chi connectivity index (χ3v) is 5.07. The van der Waals surface area contributed by atoms with E-state index in [-0.39, 0.29) is 36.4 Å². The van der Waals surface area contributed by atoms with Gasteiger partial charge in [-0.2, -0.15) is 0 Å². The molecule has 0 bridgehead atoms. The molecule has 0 aliphatic carbocycles. The number of amides is 2. The van der Waals surface area contributed by atoms with E-state index in [9.17, 15) is 9.59 Å². The molecule has 0 saturated carbocycles. The Hall–Kier alpha value is -2.27. The molecule has 7 nitrogen and oxygen atoms in total. The molecule has 0 fully saturated rings. The van der Waals surface area contributed by atoms with Crippen molar-refractivity contribution in [3.63, 3.8) is 0 Å². The van der Waals surface area contributed by atoms with Crippen molar-refractivity contribution in [3.8, 4) is 0 Å². The SMILES string of the molecule is CN=C(NCc1ccc(C(=O)NCC(N)=O)cc1)NCC(C)Sc1ccccc1.I. The lowest BCUT2D eigenvalue weighted by Crippen LogP contribution is -2.39. The predicted molar refractivity (Wildman–Crippen MR) is 133 cm³/mol. The number of hydrogen-bond donors (Lipinski definition) is 4. The van der Waals surface area contributed by atoms with Crippen molar-refractivity contribution in [1.29, 1.82) is 0 Å². The van der Waals surface area contributed by atoms with Gasteiger partial charge in [-0.15, -0.1) is 35.7 Å². The van der Waals surface area contributed by atoms with E-state index in [1.165, 1.54) is 4.90 Å². The van der Waals surface area contributed by atoms with Gasteiger partial charge < -0.3 is 21.7 Å². The maximum Gasteiger partial charge on any atom is 0.251 e. The van der Waals surface area contributed by atoms with Gasteiger partial charge in [0.15, 0.2) is 5.96 Å². The Balaban J connectivity index is 0.00000450. The van der Waals surface area contributed by atoms with E-state index in [1.54, 1.807) is 19.2 Å². The average molecular weight is 541 g/mol. The van der Waals surface area contributed by atoms with Gasteiger partial charge in [0.05, 0.1) is 6.54 Å². The number of thioether (sulfide) groups is 1. The molecular formula is C21H28IN5O2S. The summed E-state index contributed by atoms with van der Waals surface area (Å²) < 4.78 is 0. The van der Waals surface area contributed by atoms with E-state index in [4.69, 9.17) is 5.73 Å². The lowest BCUT2D eigenvalue weighted by Gasteiger charge is -2.16. The van der Waals surface area contributed by atoms with Crippen LogP contribution < -0.4 is 21.7 Å². The normalized spacial score (nSPS) is 11.7. The van der Waals surface area contributed by atoms with Crippen LogP contribution in [0.5, 0.6) is 0 Å². The number of nitrogens with two attached hydrogens (primary N) is 1. The Labute approximate surface area is 198 Å². The van der Waals surface area contributed by atoms with E-state index in [0.717, 1.165) is 12.1 Å². The van der Waals surface area contributed by atoms with Crippen LogP contribution >= 0.6 is 35.7 Å². The van der Waals surface area contributed by atoms with Crippen LogP contribution in [-0.4, -0.2) is 43.2 Å². The van der Waals surface area contributed by atoms with Crippen LogP contribution in [0.25, 0.3) is 0 Å². The summed E-state index contributed by atoms with van der Waals surface area (Å²) in [6.07, 6.45) is 0. The minimum Gasteiger partial charge on any atom is -0.368 e. The Kier molecular flexibility index (Phi) is 11.9. The number of carbonyl (C=O) groups is 2. The maximum atomic E-state index is 11.9. The van der Waals surface area contributed by atoms with Crippen LogP contribution in [-0.2, 0) is 11.3 Å². The number of carbonyl (C=O) groups excluding carboxylic acids is 2. The first kappa shape index (κ1) is 25.8. The van der Waals surface area contributed by atoms with Gasteiger partial charge in [0.2, 0.25) is 5.91 Å². The van der Waals surface area contributed by atoms with E-state index in [2.05, 4.69) is 40.0 Å². The van der Waals surface area contributed by atoms with Gasteiger partial charge >= 0.3 is 0 Å². The quantitative estimate of drug-likeness (QED) is 0.169. The van der Waals surface area contributed by atoms with E-state index in [1.807, 2.05) is 42.1 Å². The number of rotatable bonds is 9. The zero-order chi connectivity index (χ0) is 21.1. The molecule has 0 aliphatic rings. The third-order valence-electron chi connectivity index (χ3n) is 3.96. The molecule has 1 atom stereocenters. The molecule has 0 radical (unpaired) electrons. The Morgan fingerprint density at radius 2 is 1.70 bits per heavy atom. The minimum absolute atomic E-state index is 0. The molecular weight excluding hydrogens is 513 g/mol. The van der Waals surface area contributed by atoms with Crippen molar-refractivity contribution in [2.45, 2.75) is 23.6 Å². The molecule has 0 spiro atoms. The highest BCUT2D eigenvalue weighted by atomic mass is 127. The topological polar surface area (TPSA) is 109 Å². The predicted octanol–water partition coefficient (Wildman–Crippen LogP) is 2.37. The number of nitrogens with zero attached hydrogens (tertiary/aromatic N) is 1. The first-order chi connectivity index (χ1) is 14.0. The fraction of sp³-hybridized carbons (Fsp3) is 0.286. The molecule has 30 heavy (non-hydrogen) atoms. The summed E-state index contributed by atoms with van der Waals surface area (Å²) in [5, 5.41) is 9.43. The summed E-state index contributed by atoms with van der Waals surface area (Å²) in [5.74, 6) is -0.186. The van der Waals surface area contributed by atoms with E-state index in [0.29, 0.717) is 23.3 Å². The van der Waals surface area contributed by atoms with E-state index < -0.39 is 5.91 Å². The number of primary amides is 1. The first-order valence-electron chi connectivity index (χ1n) is 9.29. The maximum absolute atomic E-state index is 11.9. The van der Waals surface area contributed by atoms with Gasteiger partial charge in [0.25, 0.3) is 5.91 Å². The minimum atomic E-state index is -0.575. The molecule has 0 saturated heterocycles. The summed E-state index contributed by atoms with van der Waals surface area (Å²) in [5.41, 5.74) is 6.51. The van der Waals surface area contributed by atoms with Gasteiger partial charge in [-0.05, 0) is 29.8 Å².